The van der Waals surface area contributed by atoms with E-state index in [-0.39, 0.29) is 17.6 Å². The molecular weight excluding hydrogens is 566 g/mol. The molecule has 7 rings (SSSR count). The van der Waals surface area contributed by atoms with Crippen LogP contribution in [-0.2, 0) is 16.6 Å². The van der Waals surface area contributed by atoms with Crippen molar-refractivity contribution in [2.24, 2.45) is 18.4 Å². The van der Waals surface area contributed by atoms with E-state index in [0.717, 1.165) is 36.9 Å². The van der Waals surface area contributed by atoms with E-state index < -0.39 is 17.3 Å². The highest BCUT2D eigenvalue weighted by Crippen LogP contribution is 2.59. The monoisotopic (exact) mass is 593 g/mol. The number of carbonyl (C=O) groups is 2. The number of aromatic hydroxyl groups is 1. The molecular formula is C34H28ClN3O3S. The Hall–Kier alpha value is -4.20. The summed E-state index contributed by atoms with van der Waals surface area (Å²) < 4.78 is 2.70. The van der Waals surface area contributed by atoms with Crippen LogP contribution >= 0.6 is 22.9 Å². The van der Waals surface area contributed by atoms with Crippen molar-refractivity contribution in [1.29, 1.82) is 0 Å². The van der Waals surface area contributed by atoms with Gasteiger partial charge in [-0.25, -0.2) is 4.90 Å². The molecule has 42 heavy (non-hydrogen) atoms. The van der Waals surface area contributed by atoms with Crippen LogP contribution in [0.15, 0.2) is 85.0 Å². The van der Waals surface area contributed by atoms with Gasteiger partial charge < -0.3 is 5.11 Å². The number of aryl methyl sites for hydroxylation is 2. The van der Waals surface area contributed by atoms with Gasteiger partial charge >= 0.3 is 0 Å². The number of imide groups is 1. The van der Waals surface area contributed by atoms with E-state index in [1.807, 2.05) is 74.5 Å². The molecule has 1 fully saturated rings. The maximum atomic E-state index is 14.6. The number of nitrogens with zero attached hydrogens (tertiary/aromatic N) is 3. The van der Waals surface area contributed by atoms with Crippen molar-refractivity contribution in [3.63, 3.8) is 0 Å². The first-order chi connectivity index (χ1) is 20.1. The summed E-state index contributed by atoms with van der Waals surface area (Å²) >= 11 is 7.87. The summed E-state index contributed by atoms with van der Waals surface area (Å²) in [5.74, 6) is -1.23. The molecule has 2 aliphatic rings. The molecule has 8 heteroatoms. The van der Waals surface area contributed by atoms with Gasteiger partial charge in [0, 0.05) is 34.3 Å². The zero-order chi connectivity index (χ0) is 29.5. The van der Waals surface area contributed by atoms with Crippen molar-refractivity contribution in [1.82, 2.24) is 9.78 Å². The number of rotatable bonds is 4. The van der Waals surface area contributed by atoms with Crippen LogP contribution in [0.4, 0.5) is 5.82 Å². The minimum Gasteiger partial charge on any atom is -0.508 e. The average Bonchev–Trinajstić information content (AvgIpc) is 3.57. The molecule has 5 aromatic rings. The maximum Gasteiger partial charge on any atom is 0.242 e. The van der Waals surface area contributed by atoms with Crippen molar-refractivity contribution >= 4 is 61.4 Å². The van der Waals surface area contributed by atoms with E-state index in [0.29, 0.717) is 28.5 Å². The molecule has 6 nitrogen and oxygen atoms in total. The number of fused-ring (bicyclic) bond motifs is 3. The first kappa shape index (κ1) is 26.7. The largest absolute Gasteiger partial charge is 0.508 e. The van der Waals surface area contributed by atoms with Gasteiger partial charge in [0.15, 0.2) is 0 Å². The molecule has 3 heterocycles. The predicted octanol–water partition coefficient (Wildman–Crippen LogP) is 7.92. The lowest BCUT2D eigenvalue weighted by molar-refractivity contribution is -0.127. The lowest BCUT2D eigenvalue weighted by Crippen LogP contribution is -2.42. The number of aromatic nitrogens is 2. The fourth-order valence-corrected chi connectivity index (χ4v) is 8.30. The molecule has 210 valence electrons. The number of hydrogen-bond donors (Lipinski definition) is 1. The van der Waals surface area contributed by atoms with Crippen LogP contribution in [0.25, 0.3) is 31.4 Å². The van der Waals surface area contributed by atoms with Crippen LogP contribution in [0.5, 0.6) is 5.75 Å². The Morgan fingerprint density at radius 2 is 1.90 bits per heavy atom. The van der Waals surface area contributed by atoms with E-state index >= 15 is 0 Å². The molecule has 0 radical (unpaired) electrons. The van der Waals surface area contributed by atoms with Gasteiger partial charge in [-0.05, 0) is 71.8 Å². The molecule has 1 aliphatic heterocycles. The van der Waals surface area contributed by atoms with E-state index in [2.05, 4.69) is 6.58 Å². The Balaban J connectivity index is 1.37. The number of phenols is 1. The van der Waals surface area contributed by atoms with Crippen LogP contribution < -0.4 is 4.90 Å². The number of thiophene rings is 1. The van der Waals surface area contributed by atoms with Gasteiger partial charge in [0.1, 0.15) is 17.3 Å². The van der Waals surface area contributed by atoms with E-state index in [9.17, 15) is 14.7 Å². The summed E-state index contributed by atoms with van der Waals surface area (Å²) in [5, 5.41) is 19.5. The van der Waals surface area contributed by atoms with Crippen molar-refractivity contribution in [3.05, 3.63) is 101 Å². The summed E-state index contributed by atoms with van der Waals surface area (Å²) in [6.07, 6.45) is 4.13. The third-order valence-corrected chi connectivity index (χ3v) is 10.6. The molecule has 2 amide bonds. The van der Waals surface area contributed by atoms with Crippen LogP contribution in [0, 0.1) is 18.3 Å². The fraction of sp³-hybridized carbons (Fsp3) is 0.206. The standard InChI is InChI=1S/C34H28ClN3O3S/c1-5-19-10-13-24-32(40)38(28-17-25(36-37(28)4)31-18(2)23-16-21(35)12-15-27(23)42-31)33(41)34(24,3)30(19)29-22-9-7-6-8-20(22)11-14-26(29)39/h5-12,14-17,24,30,39H,1,13H2,2-4H3/t24-,30+,34+/m0/s1. The van der Waals surface area contributed by atoms with Crippen molar-refractivity contribution in [2.75, 3.05) is 4.90 Å². The molecule has 1 aliphatic carbocycles. The van der Waals surface area contributed by atoms with E-state index in [1.54, 1.807) is 35.2 Å². The Bertz CT molecular complexity index is 2020. The van der Waals surface area contributed by atoms with Gasteiger partial charge in [-0.15, -0.1) is 11.3 Å². The third kappa shape index (κ3) is 3.60. The van der Waals surface area contributed by atoms with Gasteiger partial charge in [0.2, 0.25) is 11.8 Å². The summed E-state index contributed by atoms with van der Waals surface area (Å²) in [7, 11) is 1.75. The minimum atomic E-state index is -1.15. The molecule has 1 saturated heterocycles. The Morgan fingerprint density at radius 3 is 2.69 bits per heavy atom. The number of allylic oxidation sites excluding steroid dienone is 3. The molecule has 3 atom stereocenters. The first-order valence-electron chi connectivity index (χ1n) is 13.8. The topological polar surface area (TPSA) is 75.4 Å². The fourth-order valence-electron chi connectivity index (χ4n) is 6.98. The van der Waals surface area contributed by atoms with E-state index in [4.69, 9.17) is 16.7 Å². The average molecular weight is 594 g/mol. The number of phenolic OH excluding ortho intramolecular Hbond substituents is 1. The zero-order valence-corrected chi connectivity index (χ0v) is 25.0. The molecule has 0 bridgehead atoms. The number of amides is 2. The Morgan fingerprint density at radius 1 is 1.12 bits per heavy atom. The molecule has 1 N–H and O–H groups in total. The Kier molecular flexibility index (Phi) is 5.98. The van der Waals surface area contributed by atoms with Crippen LogP contribution in [0.3, 0.4) is 0 Å². The number of halogens is 1. The van der Waals surface area contributed by atoms with Crippen molar-refractivity contribution < 1.29 is 14.7 Å². The summed E-state index contributed by atoms with van der Waals surface area (Å²) in [4.78, 5) is 31.0. The highest BCUT2D eigenvalue weighted by molar-refractivity contribution is 7.22. The van der Waals surface area contributed by atoms with Crippen molar-refractivity contribution in [3.8, 4) is 16.3 Å². The van der Waals surface area contributed by atoms with E-state index in [1.165, 1.54) is 4.90 Å². The van der Waals surface area contributed by atoms with Crippen molar-refractivity contribution in [2.45, 2.75) is 26.2 Å². The second-order valence-electron chi connectivity index (χ2n) is 11.3. The lowest BCUT2D eigenvalue weighted by atomic mass is 9.59. The molecule has 0 unspecified atom stereocenters. The number of benzene rings is 3. The molecule has 2 aromatic heterocycles. The van der Waals surface area contributed by atoms with Gasteiger partial charge in [-0.2, -0.15) is 5.10 Å². The number of carbonyl (C=O) groups excluding carboxylic acids is 2. The molecule has 3 aromatic carbocycles. The quantitative estimate of drug-likeness (QED) is 0.215. The highest BCUT2D eigenvalue weighted by Gasteiger charge is 2.63. The van der Waals surface area contributed by atoms with Crippen LogP contribution in [0.2, 0.25) is 5.02 Å². The summed E-state index contributed by atoms with van der Waals surface area (Å²) in [6, 6.07) is 18.9. The first-order valence-corrected chi connectivity index (χ1v) is 15.0. The summed E-state index contributed by atoms with van der Waals surface area (Å²) in [6.45, 7) is 7.93. The molecule has 0 saturated carbocycles. The molecule has 0 spiro atoms. The second kappa shape index (κ2) is 9.41. The lowest BCUT2D eigenvalue weighted by Gasteiger charge is -2.40. The smallest absolute Gasteiger partial charge is 0.242 e. The zero-order valence-electron chi connectivity index (χ0n) is 23.4. The van der Waals surface area contributed by atoms with Gasteiger partial charge in [0.25, 0.3) is 0 Å². The van der Waals surface area contributed by atoms with Crippen LogP contribution in [0.1, 0.15) is 30.4 Å². The minimum absolute atomic E-state index is 0.0928. The third-order valence-electron chi connectivity index (χ3n) is 9.12. The normalized spacial score (nSPS) is 22.2. The predicted molar refractivity (Wildman–Crippen MR) is 169 cm³/mol. The SMILES string of the molecule is C=CC1=CC[C@H]2C(=O)N(c3cc(-c4sc5ccc(Cl)cc5c4C)nn3C)C(=O)[C@@]2(C)[C@H]1c1c(O)ccc2ccccc12. The Labute approximate surface area is 252 Å². The van der Waals surface area contributed by atoms with Crippen LogP contribution in [-0.4, -0.2) is 26.7 Å². The van der Waals surface area contributed by atoms with Gasteiger partial charge in [-0.3, -0.25) is 14.3 Å². The maximum absolute atomic E-state index is 14.6. The highest BCUT2D eigenvalue weighted by atomic mass is 35.5. The number of anilines is 1. The van der Waals surface area contributed by atoms with Gasteiger partial charge in [0.05, 0.1) is 16.2 Å². The van der Waals surface area contributed by atoms with Gasteiger partial charge in [-0.1, -0.05) is 60.7 Å². The number of hydrogen-bond acceptors (Lipinski definition) is 5. The second-order valence-corrected chi connectivity index (χ2v) is 12.8. The summed E-state index contributed by atoms with van der Waals surface area (Å²) in [5.41, 5.74) is 2.06.